The van der Waals surface area contributed by atoms with Gasteiger partial charge in [0.25, 0.3) is 0 Å². The van der Waals surface area contributed by atoms with Crippen molar-refractivity contribution in [2.45, 2.75) is 71.1 Å². The van der Waals surface area contributed by atoms with Crippen LogP contribution >= 0.6 is 0 Å². The van der Waals surface area contributed by atoms with Crippen molar-refractivity contribution in [2.75, 3.05) is 0 Å². The molecule has 2 aliphatic carbocycles. The Morgan fingerprint density at radius 3 is 2.22 bits per heavy atom. The van der Waals surface area contributed by atoms with Crippen LogP contribution in [0.3, 0.4) is 0 Å². The first-order valence-electron chi connectivity index (χ1n) is 7.66. The third kappa shape index (κ3) is 2.29. The Morgan fingerprint density at radius 2 is 1.78 bits per heavy atom. The van der Waals surface area contributed by atoms with Gasteiger partial charge in [0, 0.05) is 6.04 Å². The Balaban J connectivity index is 1.78. The summed E-state index contributed by atoms with van der Waals surface area (Å²) in [5.41, 5.74) is 0. The molecule has 3 rings (SSSR count). The summed E-state index contributed by atoms with van der Waals surface area (Å²) in [6.45, 7) is 6.51. The van der Waals surface area contributed by atoms with Gasteiger partial charge in [-0.1, -0.05) is 13.8 Å². The normalized spacial score (nSPS) is 32.9. The van der Waals surface area contributed by atoms with Crippen LogP contribution in [0.5, 0.6) is 0 Å². The molecule has 1 saturated heterocycles. The van der Waals surface area contributed by atoms with Gasteiger partial charge in [0.1, 0.15) is 0 Å². The second-order valence-corrected chi connectivity index (χ2v) is 6.94. The third-order valence-electron chi connectivity index (χ3n) is 4.63. The van der Waals surface area contributed by atoms with Gasteiger partial charge in [-0.05, 0) is 56.8 Å². The molecule has 2 atom stereocenters. The van der Waals surface area contributed by atoms with Crippen molar-refractivity contribution in [3.63, 3.8) is 0 Å². The zero-order valence-electron chi connectivity index (χ0n) is 11.9. The monoisotopic (exact) mass is 250 g/mol. The molecule has 0 aromatic carbocycles. The topological polar surface area (TPSA) is 32.3 Å². The van der Waals surface area contributed by atoms with Gasteiger partial charge in [0.15, 0.2) is 0 Å². The lowest BCUT2D eigenvalue weighted by atomic mass is 10.0. The smallest absolute Gasteiger partial charge is 0.240 e. The molecule has 102 valence electrons. The van der Waals surface area contributed by atoms with Crippen molar-refractivity contribution in [3.05, 3.63) is 0 Å². The zero-order valence-corrected chi connectivity index (χ0v) is 11.9. The lowest BCUT2D eigenvalue weighted by Crippen LogP contribution is -2.47. The van der Waals surface area contributed by atoms with Gasteiger partial charge in [0.05, 0.1) is 12.2 Å². The Morgan fingerprint density at radius 1 is 1.22 bits per heavy atom. The number of nitrogens with one attached hydrogen (secondary N) is 1. The van der Waals surface area contributed by atoms with Gasteiger partial charge >= 0.3 is 0 Å². The molecular weight excluding hydrogens is 224 g/mol. The molecule has 3 aliphatic rings. The summed E-state index contributed by atoms with van der Waals surface area (Å²) < 4.78 is 0. The summed E-state index contributed by atoms with van der Waals surface area (Å²) >= 11 is 0. The van der Waals surface area contributed by atoms with Gasteiger partial charge in [-0.3, -0.25) is 10.1 Å². The summed E-state index contributed by atoms with van der Waals surface area (Å²) in [5, 5.41) is 3.51. The van der Waals surface area contributed by atoms with E-state index in [-0.39, 0.29) is 6.04 Å². The Labute approximate surface area is 110 Å². The van der Waals surface area contributed by atoms with Gasteiger partial charge in [-0.2, -0.15) is 0 Å². The van der Waals surface area contributed by atoms with Gasteiger partial charge in [0.2, 0.25) is 5.91 Å². The molecule has 1 aliphatic heterocycles. The van der Waals surface area contributed by atoms with Crippen LogP contribution in [0.4, 0.5) is 0 Å². The molecule has 0 radical (unpaired) electrons. The molecule has 0 spiro atoms. The maximum atomic E-state index is 12.5. The second kappa shape index (κ2) is 4.52. The fraction of sp³-hybridized carbons (Fsp3) is 0.933. The van der Waals surface area contributed by atoms with Crippen molar-refractivity contribution < 1.29 is 4.79 Å². The van der Waals surface area contributed by atoms with E-state index in [1.165, 1.54) is 25.7 Å². The maximum Gasteiger partial charge on any atom is 0.240 e. The zero-order chi connectivity index (χ0) is 12.9. The minimum absolute atomic E-state index is 0.0220. The lowest BCUT2D eigenvalue weighted by Gasteiger charge is -2.34. The SMILES string of the molecule is CC(C)CC1NC(C)C(=O)N1C(C1CC1)C1CC1. The van der Waals surface area contributed by atoms with E-state index in [1.807, 2.05) is 6.92 Å². The fourth-order valence-electron chi connectivity index (χ4n) is 3.51. The van der Waals surface area contributed by atoms with Crippen LogP contribution in [-0.4, -0.2) is 29.1 Å². The molecule has 1 amide bonds. The summed E-state index contributed by atoms with van der Waals surface area (Å²) in [6.07, 6.45) is 6.74. The quantitative estimate of drug-likeness (QED) is 0.812. The number of carbonyl (C=O) groups is 1. The number of amides is 1. The Bertz CT molecular complexity index is 321. The van der Waals surface area contributed by atoms with E-state index in [9.17, 15) is 4.79 Å². The molecule has 0 bridgehead atoms. The summed E-state index contributed by atoms with van der Waals surface area (Å²) in [5.74, 6) is 2.61. The Kier molecular flexibility index (Phi) is 3.13. The molecule has 2 unspecified atom stereocenters. The molecule has 1 heterocycles. The van der Waals surface area contributed by atoms with E-state index in [4.69, 9.17) is 0 Å². The summed E-state index contributed by atoms with van der Waals surface area (Å²) in [4.78, 5) is 14.7. The van der Waals surface area contributed by atoms with Crippen LogP contribution in [0.25, 0.3) is 0 Å². The number of rotatable bonds is 5. The van der Waals surface area contributed by atoms with Crippen molar-refractivity contribution in [2.24, 2.45) is 17.8 Å². The van der Waals surface area contributed by atoms with Gasteiger partial charge in [-0.15, -0.1) is 0 Å². The Hall–Kier alpha value is -0.570. The summed E-state index contributed by atoms with van der Waals surface area (Å²) in [7, 11) is 0. The van der Waals surface area contributed by atoms with Crippen LogP contribution in [0, 0.1) is 17.8 Å². The first-order valence-corrected chi connectivity index (χ1v) is 7.66. The molecule has 18 heavy (non-hydrogen) atoms. The molecular formula is C15H26N2O. The standard InChI is InChI=1S/C15H26N2O/c1-9(2)8-13-16-10(3)15(18)17(13)14(11-4-5-11)12-6-7-12/h9-14,16H,4-8H2,1-3H3. The number of hydrogen-bond donors (Lipinski definition) is 1. The predicted octanol–water partition coefficient (Wildman–Crippen LogP) is 2.37. The highest BCUT2D eigenvalue weighted by atomic mass is 16.2. The van der Waals surface area contributed by atoms with Crippen molar-refractivity contribution in [3.8, 4) is 0 Å². The highest BCUT2D eigenvalue weighted by Gasteiger charge is 2.51. The van der Waals surface area contributed by atoms with E-state index in [0.29, 0.717) is 24.0 Å². The van der Waals surface area contributed by atoms with E-state index >= 15 is 0 Å². The molecule has 2 saturated carbocycles. The van der Waals surface area contributed by atoms with Crippen LogP contribution in [-0.2, 0) is 4.79 Å². The summed E-state index contributed by atoms with van der Waals surface area (Å²) in [6, 6.07) is 0.576. The van der Waals surface area contributed by atoms with Crippen LogP contribution < -0.4 is 5.32 Å². The van der Waals surface area contributed by atoms with Gasteiger partial charge in [-0.25, -0.2) is 0 Å². The van der Waals surface area contributed by atoms with Gasteiger partial charge < -0.3 is 4.90 Å². The van der Waals surface area contributed by atoms with E-state index < -0.39 is 0 Å². The molecule has 3 nitrogen and oxygen atoms in total. The van der Waals surface area contributed by atoms with E-state index in [1.54, 1.807) is 0 Å². The predicted molar refractivity (Wildman–Crippen MR) is 71.9 cm³/mol. The molecule has 1 N–H and O–H groups in total. The van der Waals surface area contributed by atoms with Crippen LogP contribution in [0.1, 0.15) is 52.9 Å². The van der Waals surface area contributed by atoms with Crippen LogP contribution in [0.2, 0.25) is 0 Å². The largest absolute Gasteiger partial charge is 0.322 e. The van der Waals surface area contributed by atoms with E-state index in [0.717, 1.165) is 18.3 Å². The highest BCUT2D eigenvalue weighted by molar-refractivity contribution is 5.84. The number of nitrogens with zero attached hydrogens (tertiary/aromatic N) is 1. The van der Waals surface area contributed by atoms with Crippen LogP contribution in [0.15, 0.2) is 0 Å². The molecule has 0 aromatic rings. The van der Waals surface area contributed by atoms with Crippen molar-refractivity contribution in [1.29, 1.82) is 0 Å². The number of carbonyl (C=O) groups excluding carboxylic acids is 1. The number of hydrogen-bond acceptors (Lipinski definition) is 2. The average Bonchev–Trinajstić information content (AvgIpc) is 3.14. The fourth-order valence-corrected chi connectivity index (χ4v) is 3.51. The average molecular weight is 250 g/mol. The van der Waals surface area contributed by atoms with Crippen molar-refractivity contribution in [1.82, 2.24) is 10.2 Å². The highest BCUT2D eigenvalue weighted by Crippen LogP contribution is 2.48. The minimum Gasteiger partial charge on any atom is -0.322 e. The second-order valence-electron chi connectivity index (χ2n) is 6.94. The lowest BCUT2D eigenvalue weighted by molar-refractivity contribution is -0.133. The first-order chi connectivity index (χ1) is 8.58. The molecule has 3 heteroatoms. The molecule has 3 fully saturated rings. The van der Waals surface area contributed by atoms with Crippen molar-refractivity contribution >= 4 is 5.91 Å². The maximum absolute atomic E-state index is 12.5. The van der Waals surface area contributed by atoms with E-state index in [2.05, 4.69) is 24.1 Å². The first kappa shape index (κ1) is 12.5. The molecule has 0 aromatic heterocycles. The third-order valence-corrected chi connectivity index (χ3v) is 4.63. The minimum atomic E-state index is 0.0220.